The van der Waals surface area contributed by atoms with Crippen LogP contribution in [0.3, 0.4) is 0 Å². The molecule has 1 saturated carbocycles. The Kier molecular flexibility index (Phi) is 6.27. The number of hydrogen-bond acceptors (Lipinski definition) is 4. The minimum Gasteiger partial charge on any atom is -0.393 e. The van der Waals surface area contributed by atoms with Crippen molar-refractivity contribution in [3.8, 4) is 0 Å². The molecule has 4 nitrogen and oxygen atoms in total. The molecule has 0 bridgehead atoms. The zero-order chi connectivity index (χ0) is 14.5. The number of rotatable bonds is 6. The molecule has 118 valence electrons. The zero-order valence-electron chi connectivity index (χ0n) is 12.6. The Morgan fingerprint density at radius 3 is 2.50 bits per heavy atom. The molecule has 1 heterocycles. The van der Waals surface area contributed by atoms with E-state index in [1.807, 2.05) is 0 Å². The standard InChI is InChI=1S/C16H30O4/c1-2-3-4-5-6-13(18)15-10-7-11-12(17)8-9-14(19)16(11)20-15/h11-19H,2-10H2,1H3/t11-,12-,13+,14+,15+,16+/m1/s1. The third kappa shape index (κ3) is 3.94. The Morgan fingerprint density at radius 2 is 1.75 bits per heavy atom. The van der Waals surface area contributed by atoms with Crippen LogP contribution >= 0.6 is 0 Å². The molecule has 6 atom stereocenters. The van der Waals surface area contributed by atoms with E-state index in [2.05, 4.69) is 6.92 Å². The van der Waals surface area contributed by atoms with Crippen LogP contribution in [-0.4, -0.2) is 45.8 Å². The van der Waals surface area contributed by atoms with E-state index < -0.39 is 12.2 Å². The molecule has 2 fully saturated rings. The van der Waals surface area contributed by atoms with Crippen molar-refractivity contribution < 1.29 is 20.1 Å². The van der Waals surface area contributed by atoms with E-state index in [4.69, 9.17) is 4.74 Å². The van der Waals surface area contributed by atoms with Gasteiger partial charge >= 0.3 is 0 Å². The van der Waals surface area contributed by atoms with E-state index in [-0.39, 0.29) is 24.2 Å². The molecule has 1 saturated heterocycles. The molecule has 4 heteroatoms. The number of aliphatic hydroxyl groups excluding tert-OH is 3. The molecule has 0 aromatic carbocycles. The maximum atomic E-state index is 10.2. The SMILES string of the molecule is CCCCCC[C@H](O)[C@@H]1CC[C@H]2[C@H](O1)[C@@H](O)CC[C@H]2O. The van der Waals surface area contributed by atoms with Crippen LogP contribution < -0.4 is 0 Å². The van der Waals surface area contributed by atoms with E-state index in [1.54, 1.807) is 0 Å². The average molecular weight is 286 g/mol. The second-order valence-electron chi connectivity index (χ2n) is 6.51. The van der Waals surface area contributed by atoms with Gasteiger partial charge in [0.1, 0.15) is 0 Å². The van der Waals surface area contributed by atoms with Crippen LogP contribution in [0.1, 0.15) is 64.7 Å². The zero-order valence-corrected chi connectivity index (χ0v) is 12.6. The summed E-state index contributed by atoms with van der Waals surface area (Å²) in [6, 6.07) is 0. The summed E-state index contributed by atoms with van der Waals surface area (Å²) in [6.45, 7) is 2.18. The van der Waals surface area contributed by atoms with E-state index in [9.17, 15) is 15.3 Å². The summed E-state index contributed by atoms with van der Waals surface area (Å²) < 4.78 is 5.93. The molecule has 0 amide bonds. The van der Waals surface area contributed by atoms with E-state index in [1.165, 1.54) is 12.8 Å². The van der Waals surface area contributed by atoms with Gasteiger partial charge in [-0.3, -0.25) is 0 Å². The first-order valence-electron chi connectivity index (χ1n) is 8.33. The van der Waals surface area contributed by atoms with Gasteiger partial charge in [0.25, 0.3) is 0 Å². The van der Waals surface area contributed by atoms with Gasteiger partial charge in [-0.15, -0.1) is 0 Å². The van der Waals surface area contributed by atoms with Gasteiger partial charge in [-0.25, -0.2) is 0 Å². The molecular formula is C16H30O4. The highest BCUT2D eigenvalue weighted by atomic mass is 16.5. The summed E-state index contributed by atoms with van der Waals surface area (Å²) in [4.78, 5) is 0. The molecule has 0 radical (unpaired) electrons. The third-order valence-corrected chi connectivity index (χ3v) is 4.95. The number of hydrogen-bond donors (Lipinski definition) is 3. The van der Waals surface area contributed by atoms with Crippen molar-refractivity contribution in [3.63, 3.8) is 0 Å². The van der Waals surface area contributed by atoms with Crippen LogP contribution in [0, 0.1) is 5.92 Å². The lowest BCUT2D eigenvalue weighted by Gasteiger charge is -2.45. The number of ether oxygens (including phenoxy) is 1. The molecule has 1 aliphatic heterocycles. The summed E-state index contributed by atoms with van der Waals surface area (Å²) in [7, 11) is 0. The lowest BCUT2D eigenvalue weighted by Crippen LogP contribution is -2.53. The Hall–Kier alpha value is -0.160. The van der Waals surface area contributed by atoms with Crippen molar-refractivity contribution in [3.05, 3.63) is 0 Å². The van der Waals surface area contributed by atoms with Crippen LogP contribution in [0.4, 0.5) is 0 Å². The molecule has 20 heavy (non-hydrogen) atoms. The first-order chi connectivity index (χ1) is 9.63. The van der Waals surface area contributed by atoms with E-state index in [0.717, 1.165) is 32.1 Å². The lowest BCUT2D eigenvalue weighted by atomic mass is 9.76. The predicted molar refractivity (Wildman–Crippen MR) is 77.4 cm³/mol. The fourth-order valence-corrected chi connectivity index (χ4v) is 3.65. The summed E-state index contributed by atoms with van der Waals surface area (Å²) >= 11 is 0. The van der Waals surface area contributed by atoms with Crippen LogP contribution in [0.2, 0.25) is 0 Å². The van der Waals surface area contributed by atoms with E-state index in [0.29, 0.717) is 12.8 Å². The molecule has 0 aromatic heterocycles. The van der Waals surface area contributed by atoms with Crippen LogP contribution in [0.25, 0.3) is 0 Å². The number of fused-ring (bicyclic) bond motifs is 1. The Balaban J connectivity index is 1.80. The fraction of sp³-hybridized carbons (Fsp3) is 1.00. The van der Waals surface area contributed by atoms with Gasteiger partial charge in [0.2, 0.25) is 0 Å². The highest BCUT2D eigenvalue weighted by Crippen LogP contribution is 2.37. The quantitative estimate of drug-likeness (QED) is 0.653. The van der Waals surface area contributed by atoms with Crippen molar-refractivity contribution in [2.24, 2.45) is 5.92 Å². The average Bonchev–Trinajstić information content (AvgIpc) is 2.47. The molecule has 2 rings (SSSR count). The van der Waals surface area contributed by atoms with Gasteiger partial charge in [0, 0.05) is 5.92 Å². The molecule has 3 N–H and O–H groups in total. The number of aliphatic hydroxyl groups is 3. The largest absolute Gasteiger partial charge is 0.393 e. The van der Waals surface area contributed by atoms with Crippen molar-refractivity contribution in [2.45, 2.75) is 95.2 Å². The smallest absolute Gasteiger partial charge is 0.0891 e. The van der Waals surface area contributed by atoms with Crippen molar-refractivity contribution in [2.75, 3.05) is 0 Å². The minimum absolute atomic E-state index is 0.0438. The summed E-state index contributed by atoms with van der Waals surface area (Å²) in [5.74, 6) is 0.0438. The van der Waals surface area contributed by atoms with Gasteiger partial charge in [0.15, 0.2) is 0 Å². The van der Waals surface area contributed by atoms with Crippen LogP contribution in [0.5, 0.6) is 0 Å². The summed E-state index contributed by atoms with van der Waals surface area (Å²) in [5.41, 5.74) is 0. The van der Waals surface area contributed by atoms with Crippen LogP contribution in [-0.2, 0) is 4.74 Å². The molecule has 0 aromatic rings. The summed E-state index contributed by atoms with van der Waals surface area (Å²) in [6.07, 6.45) is 6.56. The predicted octanol–water partition coefficient (Wildman–Crippen LogP) is 2.00. The molecule has 2 aliphatic rings. The molecular weight excluding hydrogens is 256 g/mol. The fourth-order valence-electron chi connectivity index (χ4n) is 3.65. The first-order valence-corrected chi connectivity index (χ1v) is 8.33. The molecule has 0 unspecified atom stereocenters. The second-order valence-corrected chi connectivity index (χ2v) is 6.51. The maximum absolute atomic E-state index is 10.2. The minimum atomic E-state index is -0.488. The van der Waals surface area contributed by atoms with Gasteiger partial charge < -0.3 is 20.1 Å². The monoisotopic (exact) mass is 286 g/mol. The van der Waals surface area contributed by atoms with Crippen molar-refractivity contribution >= 4 is 0 Å². The van der Waals surface area contributed by atoms with Crippen LogP contribution in [0.15, 0.2) is 0 Å². The molecule has 1 aliphatic carbocycles. The summed E-state index contributed by atoms with van der Waals surface area (Å²) in [5, 5.41) is 30.3. The van der Waals surface area contributed by atoms with Crippen molar-refractivity contribution in [1.29, 1.82) is 0 Å². The Labute approximate surface area is 122 Å². The maximum Gasteiger partial charge on any atom is 0.0891 e. The second kappa shape index (κ2) is 7.74. The normalized spacial score (nSPS) is 39.3. The first kappa shape index (κ1) is 16.2. The Morgan fingerprint density at radius 1 is 1.00 bits per heavy atom. The van der Waals surface area contributed by atoms with Gasteiger partial charge in [-0.05, 0) is 32.1 Å². The van der Waals surface area contributed by atoms with E-state index >= 15 is 0 Å². The number of unbranched alkanes of at least 4 members (excludes halogenated alkanes) is 3. The molecule has 0 spiro atoms. The van der Waals surface area contributed by atoms with Gasteiger partial charge in [-0.2, -0.15) is 0 Å². The highest BCUT2D eigenvalue weighted by molar-refractivity contribution is 4.93. The lowest BCUT2D eigenvalue weighted by molar-refractivity contribution is -0.199. The Bertz CT molecular complexity index is 284. The van der Waals surface area contributed by atoms with Gasteiger partial charge in [0.05, 0.1) is 30.5 Å². The van der Waals surface area contributed by atoms with Crippen molar-refractivity contribution in [1.82, 2.24) is 0 Å². The highest BCUT2D eigenvalue weighted by Gasteiger charge is 2.44. The van der Waals surface area contributed by atoms with Gasteiger partial charge in [-0.1, -0.05) is 32.6 Å². The topological polar surface area (TPSA) is 69.9 Å². The third-order valence-electron chi connectivity index (χ3n) is 4.95.